The first-order valence-corrected chi connectivity index (χ1v) is 6.94. The van der Waals surface area contributed by atoms with Gasteiger partial charge >= 0.3 is 0 Å². The summed E-state index contributed by atoms with van der Waals surface area (Å²) in [4.78, 5) is -0.499. The fourth-order valence-electron chi connectivity index (χ4n) is 1.53. The first kappa shape index (κ1) is 12.6. The lowest BCUT2D eigenvalue weighted by molar-refractivity contribution is 0.556. The molecule has 2 unspecified atom stereocenters. The Labute approximate surface area is 104 Å². The number of hydrogen-bond donors (Lipinski definition) is 2. The van der Waals surface area contributed by atoms with Crippen LogP contribution in [0.1, 0.15) is 13.3 Å². The number of rotatable bonds is 3. The van der Waals surface area contributed by atoms with E-state index in [0.717, 1.165) is 12.5 Å². The van der Waals surface area contributed by atoms with Crippen molar-refractivity contribution in [1.29, 1.82) is 0 Å². The van der Waals surface area contributed by atoms with Crippen LogP contribution in [0.4, 0.5) is 10.1 Å². The standard InChI is InChI=1S/C10H12ClFN2O2S/c1-5-2-8(5)14-17(15,16)9-4-6(11)3-7(13)10(9)12/h3-5,8,14H,2,13H2,1H3. The van der Waals surface area contributed by atoms with Gasteiger partial charge in [-0.1, -0.05) is 18.5 Å². The molecule has 1 saturated carbocycles. The molecule has 2 atom stereocenters. The Morgan fingerprint density at radius 1 is 1.53 bits per heavy atom. The molecule has 0 amide bonds. The van der Waals surface area contributed by atoms with Crippen LogP contribution >= 0.6 is 11.6 Å². The minimum absolute atomic E-state index is 0.0909. The van der Waals surface area contributed by atoms with E-state index in [1.807, 2.05) is 6.92 Å². The van der Waals surface area contributed by atoms with E-state index in [0.29, 0.717) is 0 Å². The Morgan fingerprint density at radius 2 is 2.12 bits per heavy atom. The summed E-state index contributed by atoms with van der Waals surface area (Å²) in [6.45, 7) is 1.91. The monoisotopic (exact) mass is 278 g/mol. The number of nitrogens with one attached hydrogen (secondary N) is 1. The summed E-state index contributed by atoms with van der Waals surface area (Å²) < 4.78 is 39.8. The van der Waals surface area contributed by atoms with Crippen LogP contribution in [0.3, 0.4) is 0 Å². The number of benzene rings is 1. The summed E-state index contributed by atoms with van der Waals surface area (Å²) in [7, 11) is -3.90. The average molecular weight is 279 g/mol. The maximum absolute atomic E-state index is 13.6. The van der Waals surface area contributed by atoms with E-state index in [4.69, 9.17) is 17.3 Å². The molecule has 0 spiro atoms. The third kappa shape index (κ3) is 2.53. The molecule has 0 radical (unpaired) electrons. The van der Waals surface area contributed by atoms with Gasteiger partial charge in [-0.3, -0.25) is 0 Å². The van der Waals surface area contributed by atoms with Crippen molar-refractivity contribution in [2.24, 2.45) is 5.92 Å². The van der Waals surface area contributed by atoms with Gasteiger partial charge < -0.3 is 5.73 Å². The number of nitrogen functional groups attached to an aromatic ring is 1. The van der Waals surface area contributed by atoms with E-state index >= 15 is 0 Å². The normalized spacial score (nSPS) is 23.7. The van der Waals surface area contributed by atoms with Crippen LogP contribution in [-0.2, 0) is 10.0 Å². The highest BCUT2D eigenvalue weighted by Crippen LogP contribution is 2.32. The second-order valence-electron chi connectivity index (χ2n) is 4.25. The van der Waals surface area contributed by atoms with Crippen molar-refractivity contribution in [2.45, 2.75) is 24.3 Å². The molecule has 0 saturated heterocycles. The molecule has 1 aliphatic carbocycles. The largest absolute Gasteiger partial charge is 0.396 e. The molecule has 0 heterocycles. The minimum atomic E-state index is -3.90. The van der Waals surface area contributed by atoms with Gasteiger partial charge in [0.1, 0.15) is 4.90 Å². The zero-order chi connectivity index (χ0) is 12.8. The highest BCUT2D eigenvalue weighted by atomic mass is 35.5. The third-order valence-electron chi connectivity index (χ3n) is 2.74. The zero-order valence-electron chi connectivity index (χ0n) is 9.07. The van der Waals surface area contributed by atoms with Crippen molar-refractivity contribution in [2.75, 3.05) is 5.73 Å². The molecular formula is C10H12ClFN2O2S. The smallest absolute Gasteiger partial charge is 0.243 e. The fraction of sp³-hybridized carbons (Fsp3) is 0.400. The quantitative estimate of drug-likeness (QED) is 0.828. The maximum atomic E-state index is 13.6. The van der Waals surface area contributed by atoms with E-state index in [1.54, 1.807) is 0 Å². The van der Waals surface area contributed by atoms with Crippen LogP contribution in [-0.4, -0.2) is 14.5 Å². The summed E-state index contributed by atoms with van der Waals surface area (Å²) in [5.41, 5.74) is 5.06. The van der Waals surface area contributed by atoms with Crippen molar-refractivity contribution >= 4 is 27.3 Å². The van der Waals surface area contributed by atoms with Gasteiger partial charge in [-0.25, -0.2) is 17.5 Å². The molecule has 94 valence electrons. The van der Waals surface area contributed by atoms with Gasteiger partial charge in [-0.15, -0.1) is 0 Å². The molecule has 3 N–H and O–H groups in total. The van der Waals surface area contributed by atoms with E-state index in [-0.39, 0.29) is 22.7 Å². The first-order valence-electron chi connectivity index (χ1n) is 5.08. The Morgan fingerprint density at radius 3 is 2.65 bits per heavy atom. The molecule has 17 heavy (non-hydrogen) atoms. The van der Waals surface area contributed by atoms with Gasteiger partial charge in [0.15, 0.2) is 5.82 Å². The fourth-order valence-corrected chi connectivity index (χ4v) is 3.31. The molecule has 0 bridgehead atoms. The van der Waals surface area contributed by atoms with Crippen LogP contribution < -0.4 is 10.5 Å². The van der Waals surface area contributed by atoms with Gasteiger partial charge in [-0.05, 0) is 24.5 Å². The van der Waals surface area contributed by atoms with Crippen LogP contribution in [0.25, 0.3) is 0 Å². The molecule has 1 aromatic carbocycles. The Balaban J connectivity index is 2.39. The van der Waals surface area contributed by atoms with Crippen LogP contribution in [0, 0.1) is 11.7 Å². The summed E-state index contributed by atoms with van der Waals surface area (Å²) in [6, 6.07) is 2.11. The van der Waals surface area contributed by atoms with Gasteiger partial charge in [0, 0.05) is 11.1 Å². The van der Waals surface area contributed by atoms with Gasteiger partial charge in [0.05, 0.1) is 5.69 Å². The second kappa shape index (κ2) is 4.12. The van der Waals surface area contributed by atoms with E-state index in [9.17, 15) is 12.8 Å². The summed E-state index contributed by atoms with van der Waals surface area (Å²) in [5, 5.41) is 0.0909. The van der Waals surface area contributed by atoms with Gasteiger partial charge in [-0.2, -0.15) is 0 Å². The molecule has 4 nitrogen and oxygen atoms in total. The SMILES string of the molecule is CC1CC1NS(=O)(=O)c1cc(Cl)cc(N)c1F. The predicted molar refractivity (Wildman–Crippen MR) is 63.7 cm³/mol. The van der Waals surface area contributed by atoms with Crippen LogP contribution in [0.2, 0.25) is 5.02 Å². The molecule has 0 aliphatic heterocycles. The molecule has 7 heteroatoms. The van der Waals surface area contributed by atoms with E-state index in [2.05, 4.69) is 4.72 Å². The van der Waals surface area contributed by atoms with Crippen molar-refractivity contribution < 1.29 is 12.8 Å². The van der Waals surface area contributed by atoms with Crippen molar-refractivity contribution in [1.82, 2.24) is 4.72 Å². The average Bonchev–Trinajstić information content (AvgIpc) is 2.86. The number of halogens is 2. The molecule has 0 aromatic heterocycles. The van der Waals surface area contributed by atoms with Crippen molar-refractivity contribution in [3.05, 3.63) is 23.0 Å². The number of nitrogens with two attached hydrogens (primary N) is 1. The Kier molecular flexibility index (Phi) is 3.05. The van der Waals surface area contributed by atoms with Crippen LogP contribution in [0.15, 0.2) is 17.0 Å². The molecule has 2 rings (SSSR count). The van der Waals surface area contributed by atoms with E-state index in [1.165, 1.54) is 6.07 Å². The molecule has 1 aliphatic rings. The molecule has 1 fully saturated rings. The summed E-state index contributed by atoms with van der Waals surface area (Å²) in [5.74, 6) is -0.681. The van der Waals surface area contributed by atoms with Crippen molar-refractivity contribution in [3.8, 4) is 0 Å². The Bertz CT molecular complexity index is 562. The van der Waals surface area contributed by atoms with Gasteiger partial charge in [0.25, 0.3) is 0 Å². The Hall–Kier alpha value is -0.850. The lowest BCUT2D eigenvalue weighted by Crippen LogP contribution is -2.27. The van der Waals surface area contributed by atoms with Crippen LogP contribution in [0.5, 0.6) is 0 Å². The van der Waals surface area contributed by atoms with Gasteiger partial charge in [0.2, 0.25) is 10.0 Å². The van der Waals surface area contributed by atoms with E-state index < -0.39 is 20.7 Å². The number of hydrogen-bond acceptors (Lipinski definition) is 3. The lowest BCUT2D eigenvalue weighted by Gasteiger charge is -2.09. The van der Waals surface area contributed by atoms with Crippen molar-refractivity contribution in [3.63, 3.8) is 0 Å². The number of anilines is 1. The first-order chi connectivity index (χ1) is 7.81. The summed E-state index contributed by atoms with van der Waals surface area (Å²) >= 11 is 5.67. The summed E-state index contributed by atoms with van der Waals surface area (Å²) in [6.07, 6.45) is 0.761. The molecular weight excluding hydrogens is 267 g/mol. The predicted octanol–water partition coefficient (Wildman–Crippen LogP) is 1.75. The highest BCUT2D eigenvalue weighted by molar-refractivity contribution is 7.89. The second-order valence-corrected chi connectivity index (χ2v) is 6.37. The third-order valence-corrected chi connectivity index (χ3v) is 4.45. The topological polar surface area (TPSA) is 72.2 Å². The lowest BCUT2D eigenvalue weighted by atomic mass is 10.3. The highest BCUT2D eigenvalue weighted by Gasteiger charge is 2.37. The molecule has 1 aromatic rings. The number of sulfonamides is 1. The minimum Gasteiger partial charge on any atom is -0.396 e. The zero-order valence-corrected chi connectivity index (χ0v) is 10.6. The maximum Gasteiger partial charge on any atom is 0.243 e.